The highest BCUT2D eigenvalue weighted by molar-refractivity contribution is 6.31. The van der Waals surface area contributed by atoms with E-state index in [-0.39, 0.29) is 29.9 Å². The number of aryl methyl sites for hydroxylation is 2. The molecule has 0 spiro atoms. The average molecular weight is 675 g/mol. The lowest BCUT2D eigenvalue weighted by atomic mass is 9.99. The standard InChI is InChI=1S/C33H44ClN7O4.ClH/c1-3-40(33(43)44)32(42)25-14-10-23(11-15-25)7-4-18-41(19-5-8-24-12-16-27(45-2)17-13-24)20-6-9-26(22-41)37-21-28-30(35)39-31(36)29(34)38-28;/h10-17,26,37H,3-9,18-22H2,1-2H3,(H4-,35,36,39,43,44);1H. The van der Waals surface area contributed by atoms with Crippen molar-refractivity contribution in [2.45, 2.75) is 58.0 Å². The molecule has 1 saturated heterocycles. The number of ether oxygens (including phenoxy) is 1. The number of amides is 2. The van der Waals surface area contributed by atoms with E-state index in [2.05, 4.69) is 27.4 Å². The molecule has 1 aliphatic heterocycles. The number of rotatable bonds is 14. The Morgan fingerprint density at radius 2 is 1.63 bits per heavy atom. The molecule has 1 aliphatic rings. The van der Waals surface area contributed by atoms with E-state index in [4.69, 9.17) is 27.8 Å². The Morgan fingerprint density at radius 3 is 2.20 bits per heavy atom. The number of aromatic nitrogens is 2. The van der Waals surface area contributed by atoms with E-state index < -0.39 is 12.0 Å². The lowest BCUT2D eigenvalue weighted by Gasteiger charge is -2.45. The van der Waals surface area contributed by atoms with E-state index in [0.29, 0.717) is 29.7 Å². The summed E-state index contributed by atoms with van der Waals surface area (Å²) in [5, 5.41) is 13.1. The second-order valence-electron chi connectivity index (χ2n) is 11.7. The van der Waals surface area contributed by atoms with Gasteiger partial charge in [0.2, 0.25) is 0 Å². The number of piperidine rings is 1. The number of halogens is 2. The quantitative estimate of drug-likeness (QED) is 0.187. The van der Waals surface area contributed by atoms with Crippen molar-refractivity contribution in [3.8, 4) is 5.75 Å². The summed E-state index contributed by atoms with van der Waals surface area (Å²) in [5.74, 6) is 0.784. The number of carbonyl (C=O) groups is 2. The van der Waals surface area contributed by atoms with Gasteiger partial charge in [0.05, 0.1) is 45.0 Å². The van der Waals surface area contributed by atoms with Crippen LogP contribution in [0.4, 0.5) is 16.4 Å². The van der Waals surface area contributed by atoms with Crippen LogP contribution in [0.15, 0.2) is 48.5 Å². The van der Waals surface area contributed by atoms with E-state index in [1.165, 1.54) is 5.56 Å². The molecule has 2 unspecified atom stereocenters. The number of likely N-dealkylation sites (tertiary alicyclic amines) is 1. The molecule has 0 bridgehead atoms. The molecule has 250 valence electrons. The Morgan fingerprint density at radius 1 is 1.02 bits per heavy atom. The maximum Gasteiger partial charge on any atom is 0.414 e. The van der Waals surface area contributed by atoms with Crippen LogP contribution < -0.4 is 33.9 Å². The summed E-state index contributed by atoms with van der Waals surface area (Å²) in [6, 6.07) is 15.9. The number of quaternary nitrogens is 1. The molecular formula is C33H45Cl2N7O4. The molecule has 6 N–H and O–H groups in total. The Hall–Kier alpha value is -3.64. The molecule has 2 atom stereocenters. The summed E-state index contributed by atoms with van der Waals surface area (Å²) < 4.78 is 6.33. The lowest BCUT2D eigenvalue weighted by molar-refractivity contribution is -0.933. The van der Waals surface area contributed by atoms with Crippen molar-refractivity contribution < 1.29 is 36.3 Å². The minimum atomic E-state index is -1.24. The number of carboxylic acid groups (broad SMARTS) is 1. The molecule has 1 fully saturated rings. The first-order valence-electron chi connectivity index (χ1n) is 15.6. The number of hydrogen-bond acceptors (Lipinski definition) is 8. The number of nitrogen functional groups attached to an aromatic ring is 2. The third-order valence-electron chi connectivity index (χ3n) is 8.68. The molecular weight excluding hydrogens is 629 g/mol. The van der Waals surface area contributed by atoms with Gasteiger partial charge in [-0.1, -0.05) is 35.9 Å². The first-order valence-corrected chi connectivity index (χ1v) is 15.9. The molecule has 2 heterocycles. The molecule has 2 amide bonds. The third-order valence-corrected chi connectivity index (χ3v) is 8.96. The van der Waals surface area contributed by atoms with Crippen LogP contribution in [0.1, 0.15) is 59.8 Å². The van der Waals surface area contributed by atoms with E-state index in [1.54, 1.807) is 26.2 Å². The summed E-state index contributed by atoms with van der Waals surface area (Å²) in [7, 11) is 1.68. The minimum Gasteiger partial charge on any atom is -1.00 e. The van der Waals surface area contributed by atoms with Gasteiger partial charge in [0, 0.05) is 31.5 Å². The lowest BCUT2D eigenvalue weighted by Crippen LogP contribution is -3.00. The van der Waals surface area contributed by atoms with Gasteiger partial charge in [0.25, 0.3) is 5.91 Å². The summed E-state index contributed by atoms with van der Waals surface area (Å²) in [6.07, 6.45) is 4.86. The fourth-order valence-electron chi connectivity index (χ4n) is 6.22. The van der Waals surface area contributed by atoms with Gasteiger partial charge in [-0.2, -0.15) is 0 Å². The molecule has 4 rings (SSSR count). The number of hydrogen-bond donors (Lipinski definition) is 4. The number of imide groups is 1. The molecule has 11 nitrogen and oxygen atoms in total. The second-order valence-corrected chi connectivity index (χ2v) is 12.1. The second kappa shape index (κ2) is 17.3. The number of carbonyl (C=O) groups excluding carboxylic acids is 1. The number of nitrogens with two attached hydrogens (primary N) is 2. The maximum atomic E-state index is 12.6. The van der Waals surface area contributed by atoms with Gasteiger partial charge in [0.1, 0.15) is 11.6 Å². The van der Waals surface area contributed by atoms with Crippen LogP contribution >= 0.6 is 11.6 Å². The highest BCUT2D eigenvalue weighted by Gasteiger charge is 2.34. The topological polar surface area (TPSA) is 157 Å². The maximum absolute atomic E-state index is 12.6. The zero-order valence-electron chi connectivity index (χ0n) is 26.6. The van der Waals surface area contributed by atoms with Gasteiger partial charge in [-0.15, -0.1) is 0 Å². The zero-order chi connectivity index (χ0) is 32.4. The molecule has 3 aromatic rings. The zero-order valence-corrected chi connectivity index (χ0v) is 28.1. The summed E-state index contributed by atoms with van der Waals surface area (Å²) in [6.45, 7) is 6.43. The first kappa shape index (κ1) is 36.8. The van der Waals surface area contributed by atoms with Gasteiger partial charge in [-0.25, -0.2) is 19.7 Å². The summed E-state index contributed by atoms with van der Waals surface area (Å²) in [4.78, 5) is 33.2. The van der Waals surface area contributed by atoms with Gasteiger partial charge in [0.15, 0.2) is 11.0 Å². The summed E-state index contributed by atoms with van der Waals surface area (Å²) >= 11 is 6.11. The van der Waals surface area contributed by atoms with Crippen LogP contribution in [0.5, 0.6) is 5.75 Å². The number of methoxy groups -OCH3 is 1. The van der Waals surface area contributed by atoms with Crippen LogP contribution in [0.2, 0.25) is 5.15 Å². The smallest absolute Gasteiger partial charge is 0.414 e. The van der Waals surface area contributed by atoms with Gasteiger partial charge >= 0.3 is 6.09 Å². The highest BCUT2D eigenvalue weighted by Crippen LogP contribution is 2.24. The van der Waals surface area contributed by atoms with Crippen LogP contribution in [-0.4, -0.2) is 82.3 Å². The van der Waals surface area contributed by atoms with Crippen molar-refractivity contribution in [2.24, 2.45) is 0 Å². The molecule has 46 heavy (non-hydrogen) atoms. The van der Waals surface area contributed by atoms with Crippen molar-refractivity contribution in [1.29, 1.82) is 0 Å². The molecule has 0 radical (unpaired) electrons. The predicted octanol–water partition coefficient (Wildman–Crippen LogP) is 1.78. The molecule has 1 aromatic heterocycles. The molecule has 2 aromatic carbocycles. The fourth-order valence-corrected chi connectivity index (χ4v) is 6.36. The largest absolute Gasteiger partial charge is 1.00 e. The molecule has 0 aliphatic carbocycles. The van der Waals surface area contributed by atoms with Gasteiger partial charge in [-0.3, -0.25) is 4.79 Å². The first-order chi connectivity index (χ1) is 21.6. The van der Waals surface area contributed by atoms with E-state index in [1.807, 2.05) is 24.3 Å². The molecule has 0 saturated carbocycles. The normalized spacial score (nSPS) is 17.6. The monoisotopic (exact) mass is 673 g/mol. The van der Waals surface area contributed by atoms with Crippen molar-refractivity contribution in [3.63, 3.8) is 0 Å². The van der Waals surface area contributed by atoms with E-state index in [9.17, 15) is 14.7 Å². The van der Waals surface area contributed by atoms with Crippen molar-refractivity contribution in [2.75, 3.05) is 51.3 Å². The Kier molecular flexibility index (Phi) is 13.9. The summed E-state index contributed by atoms with van der Waals surface area (Å²) in [5.41, 5.74) is 15.2. The minimum absolute atomic E-state index is 0. The Bertz CT molecular complexity index is 1440. The van der Waals surface area contributed by atoms with Gasteiger partial charge in [-0.05, 0) is 68.0 Å². The van der Waals surface area contributed by atoms with E-state index in [0.717, 1.165) is 85.4 Å². The van der Waals surface area contributed by atoms with Crippen LogP contribution in [0.3, 0.4) is 0 Å². The number of nitrogens with one attached hydrogen (secondary N) is 1. The van der Waals surface area contributed by atoms with Crippen LogP contribution in [0.25, 0.3) is 0 Å². The third kappa shape index (κ3) is 9.93. The van der Waals surface area contributed by atoms with Crippen molar-refractivity contribution in [3.05, 3.63) is 76.1 Å². The SMILES string of the molecule is CCN(C(=O)O)C(=O)c1ccc(CCC[N+]2(CCCc3ccc(OC)cc3)CCCC(NCc3nc(Cl)c(N)nc3N)C2)cc1.[Cl-]. The highest BCUT2D eigenvalue weighted by atomic mass is 35.5. The predicted molar refractivity (Wildman–Crippen MR) is 176 cm³/mol. The average Bonchev–Trinajstić information content (AvgIpc) is 3.03. The van der Waals surface area contributed by atoms with Crippen molar-refractivity contribution in [1.82, 2.24) is 20.2 Å². The van der Waals surface area contributed by atoms with E-state index >= 15 is 0 Å². The Balaban J connectivity index is 0.00000576. The van der Waals surface area contributed by atoms with Crippen LogP contribution in [-0.2, 0) is 19.4 Å². The number of benzene rings is 2. The fraction of sp³-hybridized carbons (Fsp3) is 0.455. The van der Waals surface area contributed by atoms with Crippen LogP contribution in [0, 0.1) is 0 Å². The van der Waals surface area contributed by atoms with Crippen molar-refractivity contribution >= 4 is 35.2 Å². The Labute approximate surface area is 282 Å². The number of anilines is 2. The molecule has 13 heteroatoms. The van der Waals surface area contributed by atoms with Gasteiger partial charge < -0.3 is 43.5 Å². The number of nitrogens with zero attached hydrogens (tertiary/aromatic N) is 4.